The number of aliphatic hydroxyl groups excluding tert-OH is 2. The molecule has 300 valence electrons. The van der Waals surface area contributed by atoms with Crippen LogP contribution < -0.4 is 16.4 Å². The van der Waals surface area contributed by atoms with Crippen molar-refractivity contribution in [1.82, 2.24) is 30.2 Å². The summed E-state index contributed by atoms with van der Waals surface area (Å²) in [6.07, 6.45) is -6.97. The van der Waals surface area contributed by atoms with E-state index >= 15 is 0 Å². The molecule has 1 fully saturated rings. The lowest BCUT2D eigenvalue weighted by Gasteiger charge is -2.30. The number of nitrogen functional groups attached to an aromatic ring is 1. The first-order chi connectivity index (χ1) is 24.4. The molecule has 0 bridgehead atoms. The Labute approximate surface area is 304 Å². The summed E-state index contributed by atoms with van der Waals surface area (Å²) in [7, 11) is -16.4. The second-order valence-corrected chi connectivity index (χ2v) is 17.6. The van der Waals surface area contributed by atoms with Crippen LogP contribution in [0.1, 0.15) is 33.4 Å². The summed E-state index contributed by atoms with van der Waals surface area (Å²) < 4.78 is 61.9. The van der Waals surface area contributed by atoms with E-state index in [1.165, 1.54) is 20.8 Å². The molecule has 3 rings (SSSR count). The van der Waals surface area contributed by atoms with Crippen LogP contribution >= 0.6 is 35.2 Å². The molecule has 0 aromatic carbocycles. The van der Waals surface area contributed by atoms with Crippen LogP contribution in [-0.4, -0.2) is 134 Å². The standard InChI is InChI=1S/C24H40N7O18P3S/c1-12(23(36)37)53-7-6-26-14(32)4-5-27-21(35)18(34)24(2,3)9-46-52(43,44)49-51(41,42)45-8-13-17(48-50(38,39)40)16(33)22(47-13)31-11-30-15-19(25)28-10-29-20(15)31/h10-13,16-18,22,33-34H,4-9H2,1-3H3,(H,26,32)(H,27,35)(H,36,37)(H,41,42)(H,43,44)(H2,25,28,29)(H2,38,39,40)/t12?,13-,16-,17-,18+,22-/m1/s1. The number of rotatable bonds is 21. The molecule has 8 atom stereocenters. The monoisotopic (exact) mass is 839 g/mol. The number of phosphoric acid groups is 3. The van der Waals surface area contributed by atoms with Crippen molar-refractivity contribution >= 4 is 70.0 Å². The van der Waals surface area contributed by atoms with E-state index in [0.717, 1.165) is 29.0 Å². The molecule has 2 amide bonds. The van der Waals surface area contributed by atoms with Crippen LogP contribution in [0.5, 0.6) is 0 Å². The Balaban J connectivity index is 1.52. The number of anilines is 1. The molecule has 1 aliphatic rings. The number of ether oxygens (including phenoxy) is 1. The second-order valence-electron chi connectivity index (χ2n) is 11.9. The molecule has 1 aliphatic heterocycles. The molecule has 2 aromatic rings. The van der Waals surface area contributed by atoms with Crippen molar-refractivity contribution in [2.75, 3.05) is 37.8 Å². The third kappa shape index (κ3) is 13.3. The van der Waals surface area contributed by atoms with Crippen LogP contribution in [0, 0.1) is 5.41 Å². The quantitative estimate of drug-likeness (QED) is 0.0511. The van der Waals surface area contributed by atoms with Gasteiger partial charge < -0.3 is 56.0 Å². The molecule has 53 heavy (non-hydrogen) atoms. The van der Waals surface area contributed by atoms with Gasteiger partial charge in [-0.25, -0.2) is 28.6 Å². The number of thioether (sulfide) groups is 1. The first-order valence-corrected chi connectivity index (χ1v) is 20.7. The van der Waals surface area contributed by atoms with E-state index in [-0.39, 0.29) is 36.5 Å². The first-order valence-electron chi connectivity index (χ1n) is 15.2. The number of carboxylic acids is 1. The summed E-state index contributed by atoms with van der Waals surface area (Å²) in [5.74, 6) is -2.16. The van der Waals surface area contributed by atoms with Gasteiger partial charge in [0.15, 0.2) is 17.7 Å². The SMILES string of the molecule is CC(SCCNC(=O)CCNC(=O)[C@H](O)C(C)(C)COP(=O)(O)OP(=O)(O)OC[C@H]1O[C@@H](n2cnc3c(N)ncnc32)[C@H](O)[C@@H]1OP(=O)(O)O)C(=O)O. The number of carbonyl (C=O) groups is 3. The van der Waals surface area contributed by atoms with Crippen LogP contribution in [0.25, 0.3) is 11.2 Å². The van der Waals surface area contributed by atoms with Gasteiger partial charge >= 0.3 is 29.4 Å². The van der Waals surface area contributed by atoms with E-state index in [0.29, 0.717) is 5.75 Å². The third-order valence-corrected chi connectivity index (χ3v) is 11.5. The fourth-order valence-electron chi connectivity index (χ4n) is 4.44. The highest BCUT2D eigenvalue weighted by molar-refractivity contribution is 8.00. The number of nitrogens with one attached hydrogen (secondary N) is 2. The molecule has 1 saturated heterocycles. The van der Waals surface area contributed by atoms with Crippen molar-refractivity contribution in [3.05, 3.63) is 12.7 Å². The number of aromatic nitrogens is 4. The highest BCUT2D eigenvalue weighted by atomic mass is 32.2. The summed E-state index contributed by atoms with van der Waals surface area (Å²) in [6, 6.07) is 0. The third-order valence-electron chi connectivity index (χ3n) is 7.22. The molecule has 0 spiro atoms. The molecular weight excluding hydrogens is 799 g/mol. The van der Waals surface area contributed by atoms with Crippen LogP contribution in [0.2, 0.25) is 0 Å². The van der Waals surface area contributed by atoms with Gasteiger partial charge in [0.05, 0.1) is 24.8 Å². The van der Waals surface area contributed by atoms with Gasteiger partial charge in [-0.1, -0.05) is 13.8 Å². The van der Waals surface area contributed by atoms with E-state index in [1.54, 1.807) is 0 Å². The zero-order valence-electron chi connectivity index (χ0n) is 28.1. The molecule has 29 heteroatoms. The Morgan fingerprint density at radius 1 is 1.08 bits per heavy atom. The molecule has 11 N–H and O–H groups in total. The van der Waals surface area contributed by atoms with Crippen molar-refractivity contribution in [1.29, 1.82) is 0 Å². The molecule has 0 saturated carbocycles. The fourth-order valence-corrected chi connectivity index (χ4v) is 7.98. The molecule has 3 heterocycles. The Hall–Kier alpha value is -2.64. The highest BCUT2D eigenvalue weighted by Crippen LogP contribution is 2.61. The molecule has 0 aliphatic carbocycles. The molecule has 2 aromatic heterocycles. The van der Waals surface area contributed by atoms with Gasteiger partial charge in [0.2, 0.25) is 11.8 Å². The fraction of sp³-hybridized carbons (Fsp3) is 0.667. The summed E-state index contributed by atoms with van der Waals surface area (Å²) in [4.78, 5) is 86.0. The van der Waals surface area contributed by atoms with Crippen molar-refractivity contribution in [3.63, 3.8) is 0 Å². The summed E-state index contributed by atoms with van der Waals surface area (Å²) in [5, 5.41) is 34.4. The van der Waals surface area contributed by atoms with E-state index in [1.807, 2.05) is 0 Å². The Kier molecular flexibility index (Phi) is 15.5. The lowest BCUT2D eigenvalue weighted by atomic mass is 9.87. The first kappa shape index (κ1) is 44.8. The van der Waals surface area contributed by atoms with E-state index in [4.69, 9.17) is 24.6 Å². The molecule has 0 radical (unpaired) electrons. The molecular formula is C24H40N7O18P3S. The zero-order valence-corrected chi connectivity index (χ0v) is 31.6. The number of carboxylic acid groups (broad SMARTS) is 1. The van der Waals surface area contributed by atoms with Crippen molar-refractivity contribution < 1.29 is 85.6 Å². The van der Waals surface area contributed by atoms with Crippen LogP contribution in [0.15, 0.2) is 12.7 Å². The van der Waals surface area contributed by atoms with E-state index < -0.39 is 95.8 Å². The number of imidazole rings is 1. The summed E-state index contributed by atoms with van der Waals surface area (Å²) in [5.41, 5.74) is 4.23. The average Bonchev–Trinajstić information content (AvgIpc) is 3.60. The number of hydrogen-bond donors (Lipinski definition) is 10. The van der Waals surface area contributed by atoms with Crippen LogP contribution in [0.3, 0.4) is 0 Å². The highest BCUT2D eigenvalue weighted by Gasteiger charge is 2.50. The number of phosphoric ester groups is 3. The topological polar surface area (TPSA) is 384 Å². The van der Waals surface area contributed by atoms with Crippen molar-refractivity contribution in [3.8, 4) is 0 Å². The van der Waals surface area contributed by atoms with Crippen LogP contribution in [0.4, 0.5) is 5.82 Å². The van der Waals surface area contributed by atoms with Gasteiger partial charge in [-0.15, -0.1) is 11.8 Å². The predicted molar refractivity (Wildman–Crippen MR) is 179 cm³/mol. The number of carbonyl (C=O) groups excluding carboxylic acids is 2. The predicted octanol–water partition coefficient (Wildman–Crippen LogP) is -1.39. The van der Waals surface area contributed by atoms with E-state index in [2.05, 4.69) is 34.4 Å². The summed E-state index contributed by atoms with van der Waals surface area (Å²) >= 11 is 1.12. The number of fused-ring (bicyclic) bond motifs is 1. The van der Waals surface area contributed by atoms with Gasteiger partial charge in [0.25, 0.3) is 0 Å². The molecule has 3 unspecified atom stereocenters. The van der Waals surface area contributed by atoms with Crippen molar-refractivity contribution in [2.45, 2.75) is 63.1 Å². The maximum absolute atomic E-state index is 12.6. The smallest absolute Gasteiger partial charge is 0.480 e. The lowest BCUT2D eigenvalue weighted by molar-refractivity contribution is -0.137. The van der Waals surface area contributed by atoms with Gasteiger partial charge in [-0.2, -0.15) is 4.31 Å². The minimum Gasteiger partial charge on any atom is -0.480 e. The molecule has 25 nitrogen and oxygen atoms in total. The number of hydrogen-bond acceptors (Lipinski definition) is 18. The van der Waals surface area contributed by atoms with Gasteiger partial charge in [0, 0.05) is 30.7 Å². The normalized spacial score (nSPS) is 22.8. The minimum absolute atomic E-state index is 0.0258. The number of amides is 2. The number of nitrogens with zero attached hydrogens (tertiary/aromatic N) is 4. The number of aliphatic hydroxyl groups is 2. The lowest BCUT2D eigenvalue weighted by Crippen LogP contribution is -2.46. The number of aliphatic carboxylic acids is 1. The van der Waals surface area contributed by atoms with Gasteiger partial charge in [0.1, 0.15) is 36.3 Å². The number of nitrogens with two attached hydrogens (primary N) is 1. The summed E-state index contributed by atoms with van der Waals surface area (Å²) in [6.45, 7) is 1.90. The second kappa shape index (κ2) is 18.3. The Morgan fingerprint density at radius 2 is 1.74 bits per heavy atom. The maximum atomic E-state index is 12.6. The van der Waals surface area contributed by atoms with E-state index in [9.17, 15) is 57.9 Å². The van der Waals surface area contributed by atoms with Crippen LogP contribution in [-0.2, 0) is 50.7 Å². The zero-order chi connectivity index (χ0) is 39.9. The van der Waals surface area contributed by atoms with Gasteiger partial charge in [-0.3, -0.25) is 32.5 Å². The Morgan fingerprint density at radius 3 is 2.38 bits per heavy atom. The average molecular weight is 840 g/mol. The maximum Gasteiger partial charge on any atom is 0.481 e. The van der Waals surface area contributed by atoms with Crippen molar-refractivity contribution in [2.24, 2.45) is 5.41 Å². The minimum atomic E-state index is -5.57. The Bertz CT molecular complexity index is 1760. The largest absolute Gasteiger partial charge is 0.481 e. The van der Waals surface area contributed by atoms with Gasteiger partial charge in [-0.05, 0) is 6.92 Å².